The minimum atomic E-state index is -0.687. The van der Waals surface area contributed by atoms with Gasteiger partial charge in [-0.25, -0.2) is 15.1 Å². The standard InChI is InChI=1S/C22H15Cl3N6O/c23-16-18(26)17(24)21(25)28-20(16)22(32)29-27-11-14-12-31(15-9-5-2-6-10-15)30-19(14)13-7-3-1-4-8-13/h1-12H,(H2,26,28)(H,29,32). The SMILES string of the molecule is Nc1c(Cl)c(Cl)nc(C(=O)NN=Cc2cn(-c3ccccc3)nc2-c2ccccc2)c1Cl. The maximum absolute atomic E-state index is 12.5. The largest absolute Gasteiger partial charge is 0.396 e. The van der Waals surface area contributed by atoms with Crippen LogP contribution in [-0.2, 0) is 0 Å². The van der Waals surface area contributed by atoms with Crippen LogP contribution in [0.4, 0.5) is 5.69 Å². The van der Waals surface area contributed by atoms with E-state index in [1.54, 1.807) is 4.68 Å². The number of rotatable bonds is 5. The fourth-order valence-corrected chi connectivity index (χ4v) is 3.50. The first-order valence-electron chi connectivity index (χ1n) is 9.29. The quantitative estimate of drug-likeness (QED) is 0.229. The Bertz CT molecular complexity index is 1310. The van der Waals surface area contributed by atoms with Gasteiger partial charge in [0, 0.05) is 17.3 Å². The average molecular weight is 486 g/mol. The van der Waals surface area contributed by atoms with E-state index < -0.39 is 5.91 Å². The van der Waals surface area contributed by atoms with Gasteiger partial charge in [-0.15, -0.1) is 0 Å². The van der Waals surface area contributed by atoms with Gasteiger partial charge in [-0.2, -0.15) is 10.2 Å². The Balaban J connectivity index is 1.64. The summed E-state index contributed by atoms with van der Waals surface area (Å²) in [6, 6.07) is 19.3. The van der Waals surface area contributed by atoms with Crippen molar-refractivity contribution in [2.75, 3.05) is 5.73 Å². The Morgan fingerprint density at radius 1 is 1.00 bits per heavy atom. The van der Waals surface area contributed by atoms with Crippen LogP contribution in [0, 0.1) is 0 Å². The molecule has 0 aliphatic carbocycles. The molecule has 32 heavy (non-hydrogen) atoms. The van der Waals surface area contributed by atoms with Crippen LogP contribution in [0.1, 0.15) is 16.1 Å². The number of hydrazone groups is 1. The molecular weight excluding hydrogens is 471 g/mol. The lowest BCUT2D eigenvalue weighted by Crippen LogP contribution is -2.20. The molecule has 2 aromatic heterocycles. The van der Waals surface area contributed by atoms with Gasteiger partial charge in [0.1, 0.15) is 10.7 Å². The summed E-state index contributed by atoms with van der Waals surface area (Å²) in [6.07, 6.45) is 3.30. The van der Waals surface area contributed by atoms with Gasteiger partial charge >= 0.3 is 0 Å². The van der Waals surface area contributed by atoms with Crippen molar-refractivity contribution in [3.63, 3.8) is 0 Å². The number of amides is 1. The molecule has 7 nitrogen and oxygen atoms in total. The number of carbonyl (C=O) groups excluding carboxylic acids is 1. The molecule has 0 atom stereocenters. The summed E-state index contributed by atoms with van der Waals surface area (Å²) in [5.41, 5.74) is 11.1. The third-order valence-electron chi connectivity index (χ3n) is 4.47. The summed E-state index contributed by atoms with van der Waals surface area (Å²) in [5.74, 6) is -0.687. The van der Waals surface area contributed by atoms with E-state index in [2.05, 4.69) is 20.6 Å². The molecular formula is C22H15Cl3N6O. The van der Waals surface area contributed by atoms with E-state index in [9.17, 15) is 4.79 Å². The van der Waals surface area contributed by atoms with Gasteiger partial charge in [-0.05, 0) is 12.1 Å². The highest BCUT2D eigenvalue weighted by molar-refractivity contribution is 6.46. The van der Waals surface area contributed by atoms with Gasteiger partial charge in [0.05, 0.1) is 22.6 Å². The molecule has 160 valence electrons. The van der Waals surface area contributed by atoms with Crippen molar-refractivity contribution in [3.8, 4) is 16.9 Å². The predicted molar refractivity (Wildman–Crippen MR) is 128 cm³/mol. The number of para-hydroxylation sites is 1. The highest BCUT2D eigenvalue weighted by atomic mass is 35.5. The van der Waals surface area contributed by atoms with Crippen molar-refractivity contribution in [3.05, 3.63) is 93.3 Å². The van der Waals surface area contributed by atoms with E-state index in [0.29, 0.717) is 11.3 Å². The lowest BCUT2D eigenvalue weighted by Gasteiger charge is -2.07. The number of aromatic nitrogens is 3. The lowest BCUT2D eigenvalue weighted by molar-refractivity contribution is 0.0950. The van der Waals surface area contributed by atoms with E-state index in [4.69, 9.17) is 40.5 Å². The van der Waals surface area contributed by atoms with Crippen LogP contribution in [0.2, 0.25) is 15.2 Å². The molecule has 0 bridgehead atoms. The number of nitrogens with zero attached hydrogens (tertiary/aromatic N) is 4. The predicted octanol–water partition coefficient (Wildman–Crippen LogP) is 5.24. The van der Waals surface area contributed by atoms with Crippen molar-refractivity contribution in [2.45, 2.75) is 0 Å². The van der Waals surface area contributed by atoms with Crippen LogP contribution in [0.5, 0.6) is 0 Å². The van der Waals surface area contributed by atoms with E-state index in [1.165, 1.54) is 6.21 Å². The summed E-state index contributed by atoms with van der Waals surface area (Å²) in [6.45, 7) is 0. The number of halogens is 3. The average Bonchev–Trinajstić information content (AvgIpc) is 3.25. The van der Waals surface area contributed by atoms with Crippen LogP contribution in [0.25, 0.3) is 16.9 Å². The second kappa shape index (κ2) is 9.40. The summed E-state index contributed by atoms with van der Waals surface area (Å²) >= 11 is 17.9. The molecule has 10 heteroatoms. The number of nitrogens with two attached hydrogens (primary N) is 1. The fraction of sp³-hybridized carbons (Fsp3) is 0. The zero-order valence-electron chi connectivity index (χ0n) is 16.3. The van der Waals surface area contributed by atoms with Crippen molar-refractivity contribution >= 4 is 52.6 Å². The molecule has 0 saturated heterocycles. The van der Waals surface area contributed by atoms with Crippen molar-refractivity contribution in [1.29, 1.82) is 0 Å². The molecule has 0 saturated carbocycles. The third kappa shape index (κ3) is 4.45. The number of benzene rings is 2. The lowest BCUT2D eigenvalue weighted by atomic mass is 10.1. The van der Waals surface area contributed by atoms with Gasteiger partial charge < -0.3 is 5.73 Å². The second-order valence-electron chi connectivity index (χ2n) is 6.57. The molecule has 0 radical (unpaired) electrons. The molecule has 0 spiro atoms. The summed E-state index contributed by atoms with van der Waals surface area (Å²) in [4.78, 5) is 16.4. The molecule has 0 aliphatic rings. The highest BCUT2D eigenvalue weighted by Gasteiger charge is 2.19. The number of carbonyl (C=O) groups is 1. The molecule has 0 aliphatic heterocycles. The Morgan fingerprint density at radius 2 is 1.66 bits per heavy atom. The number of hydrogen-bond acceptors (Lipinski definition) is 5. The van der Waals surface area contributed by atoms with E-state index >= 15 is 0 Å². The molecule has 1 amide bonds. The van der Waals surface area contributed by atoms with Crippen LogP contribution in [0.3, 0.4) is 0 Å². The number of pyridine rings is 1. The van der Waals surface area contributed by atoms with Crippen LogP contribution < -0.4 is 11.2 Å². The van der Waals surface area contributed by atoms with E-state index in [1.807, 2.05) is 66.9 Å². The second-order valence-corrected chi connectivity index (χ2v) is 7.69. The smallest absolute Gasteiger partial charge is 0.291 e. The first-order valence-corrected chi connectivity index (χ1v) is 10.4. The third-order valence-corrected chi connectivity index (χ3v) is 5.60. The maximum Gasteiger partial charge on any atom is 0.291 e. The Morgan fingerprint density at radius 3 is 2.34 bits per heavy atom. The van der Waals surface area contributed by atoms with Gasteiger partial charge in [0.25, 0.3) is 5.91 Å². The zero-order valence-corrected chi connectivity index (χ0v) is 18.6. The monoisotopic (exact) mass is 484 g/mol. The van der Waals surface area contributed by atoms with Crippen LogP contribution in [-0.4, -0.2) is 26.9 Å². The summed E-state index contributed by atoms with van der Waals surface area (Å²) < 4.78 is 1.74. The minimum absolute atomic E-state index is 0.0162. The molecule has 2 heterocycles. The molecule has 4 aromatic rings. The minimum Gasteiger partial charge on any atom is -0.396 e. The molecule has 4 rings (SSSR count). The number of nitrogen functional groups attached to an aromatic ring is 1. The van der Waals surface area contributed by atoms with Gasteiger partial charge in [-0.1, -0.05) is 83.3 Å². The molecule has 3 N–H and O–H groups in total. The van der Waals surface area contributed by atoms with Gasteiger partial charge in [0.2, 0.25) is 0 Å². The highest BCUT2D eigenvalue weighted by Crippen LogP contribution is 2.34. The molecule has 0 fully saturated rings. The first-order chi connectivity index (χ1) is 15.5. The molecule has 0 unspecified atom stereocenters. The molecule has 2 aromatic carbocycles. The van der Waals surface area contributed by atoms with Crippen LogP contribution in [0.15, 0.2) is 72.0 Å². The topological polar surface area (TPSA) is 98.2 Å². The normalized spacial score (nSPS) is 11.1. The van der Waals surface area contributed by atoms with E-state index in [0.717, 1.165) is 11.3 Å². The number of nitrogens with one attached hydrogen (secondary N) is 1. The summed E-state index contributed by atoms with van der Waals surface area (Å²) in [5, 5.41) is 8.48. The number of anilines is 1. The van der Waals surface area contributed by atoms with Crippen molar-refractivity contribution in [1.82, 2.24) is 20.2 Å². The van der Waals surface area contributed by atoms with E-state index in [-0.39, 0.29) is 26.6 Å². The van der Waals surface area contributed by atoms with Gasteiger partial charge in [0.15, 0.2) is 10.8 Å². The maximum atomic E-state index is 12.5. The Hall–Kier alpha value is -3.39. The Labute approximate surface area is 198 Å². The number of hydrogen-bond donors (Lipinski definition) is 2. The fourth-order valence-electron chi connectivity index (χ4n) is 2.91. The zero-order chi connectivity index (χ0) is 22.7. The first kappa shape index (κ1) is 21.8. The Kier molecular flexibility index (Phi) is 6.41. The van der Waals surface area contributed by atoms with Crippen molar-refractivity contribution < 1.29 is 4.79 Å². The van der Waals surface area contributed by atoms with Crippen molar-refractivity contribution in [2.24, 2.45) is 5.10 Å². The van der Waals surface area contributed by atoms with Gasteiger partial charge in [-0.3, -0.25) is 4.79 Å². The summed E-state index contributed by atoms with van der Waals surface area (Å²) in [7, 11) is 0. The van der Waals surface area contributed by atoms with Crippen LogP contribution >= 0.6 is 34.8 Å².